The zero-order valence-corrected chi connectivity index (χ0v) is 14.2. The van der Waals surface area contributed by atoms with Crippen LogP contribution in [0.1, 0.15) is 10.5 Å². The number of anilines is 1. The number of hydrogen-bond donors (Lipinski definition) is 2. The topological polar surface area (TPSA) is 62.7 Å². The molecule has 0 bridgehead atoms. The van der Waals surface area contributed by atoms with Gasteiger partial charge >= 0.3 is 0 Å². The van der Waals surface area contributed by atoms with Gasteiger partial charge in [-0.3, -0.25) is 9.48 Å². The van der Waals surface area contributed by atoms with Gasteiger partial charge in [0.1, 0.15) is 5.69 Å². The highest BCUT2D eigenvalue weighted by atomic mass is 35.5. The van der Waals surface area contributed by atoms with Gasteiger partial charge in [0, 0.05) is 40.6 Å². The van der Waals surface area contributed by atoms with Crippen LogP contribution in [0.4, 0.5) is 5.69 Å². The predicted octanol–water partition coefficient (Wildman–Crippen LogP) is 4.47. The lowest BCUT2D eigenvalue weighted by Crippen LogP contribution is -2.15. The van der Waals surface area contributed by atoms with Gasteiger partial charge in [-0.2, -0.15) is 5.10 Å². The number of aromatic nitrogens is 3. The van der Waals surface area contributed by atoms with Gasteiger partial charge in [-0.15, -0.1) is 0 Å². The van der Waals surface area contributed by atoms with E-state index in [2.05, 4.69) is 21.5 Å². The quantitative estimate of drug-likeness (QED) is 0.572. The third-order valence-corrected chi connectivity index (χ3v) is 4.33. The first-order valence-corrected chi connectivity index (χ1v) is 8.16. The summed E-state index contributed by atoms with van der Waals surface area (Å²) in [5, 5.41) is 8.65. The molecule has 0 atom stereocenters. The highest BCUT2D eigenvalue weighted by Crippen LogP contribution is 2.27. The molecule has 124 valence electrons. The van der Waals surface area contributed by atoms with Crippen molar-refractivity contribution in [3.63, 3.8) is 0 Å². The average molecular weight is 351 g/mol. The maximum absolute atomic E-state index is 12.2. The van der Waals surface area contributed by atoms with Crippen molar-refractivity contribution in [2.45, 2.75) is 0 Å². The van der Waals surface area contributed by atoms with E-state index in [-0.39, 0.29) is 5.91 Å². The van der Waals surface area contributed by atoms with Gasteiger partial charge in [-0.25, -0.2) is 0 Å². The molecule has 0 aliphatic heterocycles. The number of nitrogens with one attached hydrogen (secondary N) is 2. The van der Waals surface area contributed by atoms with Crippen LogP contribution in [0, 0.1) is 0 Å². The number of benzene rings is 2. The number of aryl methyl sites for hydroxylation is 1. The average Bonchev–Trinajstić information content (AvgIpc) is 3.21. The highest BCUT2D eigenvalue weighted by Gasteiger charge is 2.10. The standard InChI is InChI=1S/C19H15ClN4O/c1-24-18(8-9-21-24)19(25)22-15-5-2-12(3-6-15)17-11-13-10-14(20)4-7-16(13)23-17/h2-11,23H,1H3,(H,22,25). The normalized spacial score (nSPS) is 11.0. The van der Waals surface area contributed by atoms with Crippen molar-refractivity contribution < 1.29 is 4.79 Å². The summed E-state index contributed by atoms with van der Waals surface area (Å²) in [6.45, 7) is 0. The van der Waals surface area contributed by atoms with Crippen molar-refractivity contribution in [3.05, 3.63) is 71.5 Å². The molecular formula is C19H15ClN4O. The molecule has 4 rings (SSSR count). The summed E-state index contributed by atoms with van der Waals surface area (Å²) >= 11 is 6.04. The van der Waals surface area contributed by atoms with E-state index in [4.69, 9.17) is 11.6 Å². The van der Waals surface area contributed by atoms with E-state index in [0.29, 0.717) is 10.7 Å². The Kier molecular flexibility index (Phi) is 3.78. The number of aromatic amines is 1. The Balaban J connectivity index is 1.57. The Labute approximate surface area is 149 Å². The molecule has 0 aliphatic carbocycles. The maximum Gasteiger partial charge on any atom is 0.273 e. The summed E-state index contributed by atoms with van der Waals surface area (Å²) in [5.41, 5.74) is 4.31. The molecule has 2 aromatic heterocycles. The van der Waals surface area contributed by atoms with Crippen LogP contribution in [0.2, 0.25) is 5.02 Å². The van der Waals surface area contributed by atoms with E-state index in [0.717, 1.165) is 27.8 Å². The van der Waals surface area contributed by atoms with E-state index in [1.54, 1.807) is 24.0 Å². The van der Waals surface area contributed by atoms with E-state index in [1.807, 2.05) is 42.5 Å². The molecular weight excluding hydrogens is 336 g/mol. The first-order valence-electron chi connectivity index (χ1n) is 7.78. The number of hydrogen-bond acceptors (Lipinski definition) is 2. The number of amides is 1. The minimum Gasteiger partial charge on any atom is -0.355 e. The Morgan fingerprint density at radius 1 is 1.12 bits per heavy atom. The summed E-state index contributed by atoms with van der Waals surface area (Å²) in [7, 11) is 1.74. The van der Waals surface area contributed by atoms with Crippen LogP contribution in [0.25, 0.3) is 22.2 Å². The smallest absolute Gasteiger partial charge is 0.273 e. The van der Waals surface area contributed by atoms with Gasteiger partial charge < -0.3 is 10.3 Å². The summed E-state index contributed by atoms with van der Waals surface area (Å²) in [6.07, 6.45) is 1.60. The third-order valence-electron chi connectivity index (χ3n) is 4.09. The van der Waals surface area contributed by atoms with Crippen molar-refractivity contribution in [1.82, 2.24) is 14.8 Å². The third kappa shape index (κ3) is 3.02. The SMILES string of the molecule is Cn1nccc1C(=O)Nc1ccc(-c2cc3cc(Cl)ccc3[nH]2)cc1. The minimum atomic E-state index is -0.187. The van der Waals surface area contributed by atoms with E-state index in [9.17, 15) is 4.79 Å². The molecule has 6 heteroatoms. The number of H-pyrrole nitrogens is 1. The number of carbonyl (C=O) groups is 1. The summed E-state index contributed by atoms with van der Waals surface area (Å²) in [4.78, 5) is 15.6. The van der Waals surface area contributed by atoms with Crippen molar-refractivity contribution >= 4 is 34.1 Å². The molecule has 0 saturated carbocycles. The van der Waals surface area contributed by atoms with E-state index in [1.165, 1.54) is 0 Å². The molecule has 0 radical (unpaired) electrons. The lowest BCUT2D eigenvalue weighted by molar-refractivity contribution is 0.101. The Morgan fingerprint density at radius 3 is 2.64 bits per heavy atom. The fourth-order valence-electron chi connectivity index (χ4n) is 2.78. The molecule has 0 spiro atoms. The van der Waals surface area contributed by atoms with Crippen LogP contribution >= 0.6 is 11.6 Å². The molecule has 0 saturated heterocycles. The molecule has 0 unspecified atom stereocenters. The molecule has 1 amide bonds. The number of carbonyl (C=O) groups excluding carboxylic acids is 1. The molecule has 2 heterocycles. The second-order valence-electron chi connectivity index (χ2n) is 5.79. The molecule has 0 fully saturated rings. The molecule has 5 nitrogen and oxygen atoms in total. The van der Waals surface area contributed by atoms with Gasteiger partial charge in [0.2, 0.25) is 0 Å². The van der Waals surface area contributed by atoms with Gasteiger partial charge in [-0.1, -0.05) is 23.7 Å². The Bertz CT molecular complexity index is 1060. The van der Waals surface area contributed by atoms with Gasteiger partial charge in [0.15, 0.2) is 0 Å². The molecule has 0 aliphatic rings. The molecule has 4 aromatic rings. The van der Waals surface area contributed by atoms with E-state index >= 15 is 0 Å². The van der Waals surface area contributed by atoms with Gasteiger partial charge in [0.05, 0.1) is 0 Å². The van der Waals surface area contributed by atoms with Crippen LogP contribution in [0.15, 0.2) is 60.8 Å². The van der Waals surface area contributed by atoms with Crippen molar-refractivity contribution in [2.75, 3.05) is 5.32 Å². The van der Waals surface area contributed by atoms with Crippen LogP contribution < -0.4 is 5.32 Å². The zero-order chi connectivity index (χ0) is 17.4. The van der Waals surface area contributed by atoms with Gasteiger partial charge in [-0.05, 0) is 48.0 Å². The predicted molar refractivity (Wildman–Crippen MR) is 99.9 cm³/mol. The zero-order valence-electron chi connectivity index (χ0n) is 13.5. The second-order valence-corrected chi connectivity index (χ2v) is 6.22. The van der Waals surface area contributed by atoms with Crippen LogP contribution in [0.5, 0.6) is 0 Å². The monoisotopic (exact) mass is 350 g/mol. The number of halogens is 1. The number of nitrogens with zero attached hydrogens (tertiary/aromatic N) is 2. The van der Waals surface area contributed by atoms with Crippen LogP contribution in [0.3, 0.4) is 0 Å². The maximum atomic E-state index is 12.2. The lowest BCUT2D eigenvalue weighted by Gasteiger charge is -2.06. The fourth-order valence-corrected chi connectivity index (χ4v) is 2.96. The first-order chi connectivity index (χ1) is 12.1. The second kappa shape index (κ2) is 6.11. The Morgan fingerprint density at radius 2 is 1.92 bits per heavy atom. The minimum absolute atomic E-state index is 0.187. The van der Waals surface area contributed by atoms with Crippen molar-refractivity contribution in [2.24, 2.45) is 7.05 Å². The summed E-state index contributed by atoms with van der Waals surface area (Å²) in [5.74, 6) is -0.187. The summed E-state index contributed by atoms with van der Waals surface area (Å²) in [6, 6.07) is 17.2. The van der Waals surface area contributed by atoms with Crippen molar-refractivity contribution in [1.29, 1.82) is 0 Å². The van der Waals surface area contributed by atoms with Crippen molar-refractivity contribution in [3.8, 4) is 11.3 Å². The Hall–Kier alpha value is -3.05. The van der Waals surface area contributed by atoms with E-state index < -0.39 is 0 Å². The molecule has 2 N–H and O–H groups in total. The van der Waals surface area contributed by atoms with Crippen LogP contribution in [-0.2, 0) is 7.05 Å². The molecule has 2 aromatic carbocycles. The fraction of sp³-hybridized carbons (Fsp3) is 0.0526. The largest absolute Gasteiger partial charge is 0.355 e. The number of fused-ring (bicyclic) bond motifs is 1. The highest BCUT2D eigenvalue weighted by molar-refractivity contribution is 6.31. The lowest BCUT2D eigenvalue weighted by atomic mass is 10.1. The van der Waals surface area contributed by atoms with Crippen LogP contribution in [-0.4, -0.2) is 20.7 Å². The number of rotatable bonds is 3. The summed E-state index contributed by atoms with van der Waals surface area (Å²) < 4.78 is 1.54. The first kappa shape index (κ1) is 15.5. The van der Waals surface area contributed by atoms with Gasteiger partial charge in [0.25, 0.3) is 5.91 Å². The molecule has 25 heavy (non-hydrogen) atoms.